The molecule has 0 saturated carbocycles. The molecule has 0 spiro atoms. The second kappa shape index (κ2) is 7.14. The van der Waals surface area contributed by atoms with Crippen molar-refractivity contribution in [2.45, 2.75) is 12.8 Å². The minimum absolute atomic E-state index is 0. The van der Waals surface area contributed by atoms with Gasteiger partial charge in [-0.25, -0.2) is 0 Å². The summed E-state index contributed by atoms with van der Waals surface area (Å²) in [5.74, 6) is 1.13. The Morgan fingerprint density at radius 3 is 2.43 bits per heavy atom. The number of carbonyl (C=O) groups is 1. The molecule has 1 amide bonds. The lowest BCUT2D eigenvalue weighted by Gasteiger charge is -2.21. The number of nitrogens with zero attached hydrogens (tertiary/aromatic N) is 2. The molecular formula is C15H21ClN4O3. The molecule has 1 aromatic carbocycles. The Hall–Kier alpha value is -1.86. The third-order valence-electron chi connectivity index (χ3n) is 4.78. The third kappa shape index (κ3) is 3.56. The van der Waals surface area contributed by atoms with Crippen LogP contribution in [0.15, 0.2) is 18.2 Å². The summed E-state index contributed by atoms with van der Waals surface area (Å²) in [6.45, 7) is 3.47. The van der Waals surface area contributed by atoms with Crippen LogP contribution in [0, 0.1) is 22.0 Å². The van der Waals surface area contributed by atoms with Crippen LogP contribution in [-0.4, -0.2) is 41.9 Å². The summed E-state index contributed by atoms with van der Waals surface area (Å²) in [4.78, 5) is 24.8. The van der Waals surface area contributed by atoms with E-state index in [-0.39, 0.29) is 29.7 Å². The molecule has 7 nitrogen and oxygen atoms in total. The zero-order valence-corrected chi connectivity index (χ0v) is 13.6. The zero-order chi connectivity index (χ0) is 15.7. The number of halogens is 1. The van der Waals surface area contributed by atoms with Gasteiger partial charge in [0.05, 0.1) is 4.92 Å². The SMILES string of the molecule is Cl.Nc1ccc(C(=O)N2CC[C@@H]3CNC[C@@H]3CC2)cc1[N+](=O)[O-]. The summed E-state index contributed by atoms with van der Waals surface area (Å²) < 4.78 is 0. The Kier molecular flexibility index (Phi) is 5.43. The number of nitro groups is 1. The number of rotatable bonds is 2. The highest BCUT2D eigenvalue weighted by Crippen LogP contribution is 2.28. The number of fused-ring (bicyclic) bond motifs is 1. The van der Waals surface area contributed by atoms with E-state index in [1.807, 2.05) is 4.90 Å². The lowest BCUT2D eigenvalue weighted by Crippen LogP contribution is -2.32. The van der Waals surface area contributed by atoms with Crippen LogP contribution >= 0.6 is 12.4 Å². The van der Waals surface area contributed by atoms with Crippen LogP contribution in [0.25, 0.3) is 0 Å². The number of nitrogen functional groups attached to an aromatic ring is 1. The van der Waals surface area contributed by atoms with Gasteiger partial charge in [0.1, 0.15) is 5.69 Å². The van der Waals surface area contributed by atoms with E-state index in [0.717, 1.165) is 25.9 Å². The van der Waals surface area contributed by atoms with Gasteiger partial charge in [0.2, 0.25) is 0 Å². The molecule has 0 aliphatic carbocycles. The van der Waals surface area contributed by atoms with Gasteiger partial charge in [0, 0.05) is 24.7 Å². The van der Waals surface area contributed by atoms with Crippen LogP contribution in [0.4, 0.5) is 11.4 Å². The van der Waals surface area contributed by atoms with Gasteiger partial charge in [-0.1, -0.05) is 0 Å². The number of nitrogens with one attached hydrogen (secondary N) is 1. The van der Waals surface area contributed by atoms with Gasteiger partial charge in [-0.3, -0.25) is 14.9 Å². The molecule has 2 aliphatic heterocycles. The average Bonchev–Trinajstić information content (AvgIpc) is 2.85. The summed E-state index contributed by atoms with van der Waals surface area (Å²) in [6, 6.07) is 4.28. The standard InChI is InChI=1S/C15H20N4O3.ClH/c16-13-2-1-10(7-14(13)19(21)22)15(20)18-5-3-11-8-17-9-12(11)4-6-18;/h1-2,7,11-12,17H,3-6,8-9,16H2;1H/t11-,12+;. The maximum Gasteiger partial charge on any atom is 0.292 e. The van der Waals surface area contributed by atoms with Gasteiger partial charge in [-0.2, -0.15) is 0 Å². The Labute approximate surface area is 140 Å². The number of benzene rings is 1. The molecule has 0 bridgehead atoms. The topological polar surface area (TPSA) is 102 Å². The Morgan fingerprint density at radius 2 is 1.87 bits per heavy atom. The first-order chi connectivity index (χ1) is 10.6. The number of nitrogens with two attached hydrogens (primary N) is 1. The normalized spacial score (nSPS) is 23.6. The van der Waals surface area contributed by atoms with Crippen LogP contribution in [0.3, 0.4) is 0 Å². The van der Waals surface area contributed by atoms with Crippen LogP contribution in [0.5, 0.6) is 0 Å². The van der Waals surface area contributed by atoms with Crippen LogP contribution < -0.4 is 11.1 Å². The number of likely N-dealkylation sites (tertiary alicyclic amines) is 1. The quantitative estimate of drug-likeness (QED) is 0.484. The molecule has 3 rings (SSSR count). The summed E-state index contributed by atoms with van der Waals surface area (Å²) in [5.41, 5.74) is 5.80. The molecule has 2 atom stereocenters. The largest absolute Gasteiger partial charge is 0.393 e. The fourth-order valence-corrected chi connectivity index (χ4v) is 3.44. The molecule has 8 heteroatoms. The minimum atomic E-state index is -0.551. The predicted octanol–water partition coefficient (Wildman–Crippen LogP) is 1.67. The van der Waals surface area contributed by atoms with E-state index in [0.29, 0.717) is 30.5 Å². The fourth-order valence-electron chi connectivity index (χ4n) is 3.44. The van der Waals surface area contributed by atoms with Crippen molar-refractivity contribution in [3.8, 4) is 0 Å². The van der Waals surface area contributed by atoms with E-state index in [9.17, 15) is 14.9 Å². The van der Waals surface area contributed by atoms with Crippen molar-refractivity contribution in [3.05, 3.63) is 33.9 Å². The molecule has 3 N–H and O–H groups in total. The minimum Gasteiger partial charge on any atom is -0.393 e. The average molecular weight is 341 g/mol. The van der Waals surface area contributed by atoms with Crippen molar-refractivity contribution in [2.24, 2.45) is 11.8 Å². The Bertz CT molecular complexity index is 596. The van der Waals surface area contributed by atoms with Crippen molar-refractivity contribution in [1.82, 2.24) is 10.2 Å². The molecule has 1 aromatic rings. The van der Waals surface area contributed by atoms with Crippen molar-refractivity contribution in [1.29, 1.82) is 0 Å². The predicted molar refractivity (Wildman–Crippen MR) is 89.7 cm³/mol. The van der Waals surface area contributed by atoms with E-state index < -0.39 is 4.92 Å². The van der Waals surface area contributed by atoms with E-state index >= 15 is 0 Å². The molecule has 126 valence electrons. The van der Waals surface area contributed by atoms with E-state index in [1.54, 1.807) is 6.07 Å². The van der Waals surface area contributed by atoms with Gasteiger partial charge in [0.15, 0.2) is 0 Å². The Morgan fingerprint density at radius 1 is 1.26 bits per heavy atom. The van der Waals surface area contributed by atoms with Crippen LogP contribution in [-0.2, 0) is 0 Å². The van der Waals surface area contributed by atoms with Gasteiger partial charge in [-0.05, 0) is 49.9 Å². The van der Waals surface area contributed by atoms with Crippen LogP contribution in [0.2, 0.25) is 0 Å². The van der Waals surface area contributed by atoms with E-state index in [1.165, 1.54) is 12.1 Å². The number of hydrogen-bond donors (Lipinski definition) is 2. The van der Waals surface area contributed by atoms with Crippen molar-refractivity contribution >= 4 is 29.7 Å². The highest BCUT2D eigenvalue weighted by atomic mass is 35.5. The first kappa shape index (κ1) is 17.5. The molecule has 2 saturated heterocycles. The molecule has 2 fully saturated rings. The second-order valence-electron chi connectivity index (χ2n) is 6.08. The molecule has 2 aliphatic rings. The second-order valence-corrected chi connectivity index (χ2v) is 6.08. The summed E-state index contributed by atoms with van der Waals surface area (Å²) in [6.07, 6.45) is 1.97. The molecule has 23 heavy (non-hydrogen) atoms. The van der Waals surface area contributed by atoms with Crippen molar-refractivity contribution < 1.29 is 9.72 Å². The first-order valence-electron chi connectivity index (χ1n) is 7.60. The van der Waals surface area contributed by atoms with Crippen molar-refractivity contribution in [3.63, 3.8) is 0 Å². The van der Waals surface area contributed by atoms with E-state index in [2.05, 4.69) is 5.32 Å². The summed E-state index contributed by atoms with van der Waals surface area (Å²) in [7, 11) is 0. The highest BCUT2D eigenvalue weighted by molar-refractivity contribution is 5.95. The smallest absolute Gasteiger partial charge is 0.292 e. The van der Waals surface area contributed by atoms with Gasteiger partial charge in [-0.15, -0.1) is 12.4 Å². The summed E-state index contributed by atoms with van der Waals surface area (Å²) >= 11 is 0. The Balaban J connectivity index is 0.00000192. The maximum atomic E-state index is 12.6. The molecular weight excluding hydrogens is 320 g/mol. The fraction of sp³-hybridized carbons (Fsp3) is 0.533. The van der Waals surface area contributed by atoms with Gasteiger partial charge < -0.3 is 16.0 Å². The molecule has 0 aromatic heterocycles. The first-order valence-corrected chi connectivity index (χ1v) is 7.60. The molecule has 0 radical (unpaired) electrons. The molecule has 0 unspecified atom stereocenters. The van der Waals surface area contributed by atoms with Crippen LogP contribution in [0.1, 0.15) is 23.2 Å². The zero-order valence-electron chi connectivity index (χ0n) is 12.7. The number of anilines is 1. The van der Waals surface area contributed by atoms with Gasteiger partial charge in [0.25, 0.3) is 11.6 Å². The maximum absolute atomic E-state index is 12.6. The lowest BCUT2D eigenvalue weighted by atomic mass is 9.92. The van der Waals surface area contributed by atoms with E-state index in [4.69, 9.17) is 5.73 Å². The number of hydrogen-bond acceptors (Lipinski definition) is 5. The highest BCUT2D eigenvalue weighted by Gasteiger charge is 2.32. The van der Waals surface area contributed by atoms with Crippen molar-refractivity contribution in [2.75, 3.05) is 31.9 Å². The third-order valence-corrected chi connectivity index (χ3v) is 4.78. The molecule has 2 heterocycles. The van der Waals surface area contributed by atoms with Gasteiger partial charge >= 0.3 is 0 Å². The number of carbonyl (C=O) groups excluding carboxylic acids is 1. The number of nitro benzene ring substituents is 1. The monoisotopic (exact) mass is 340 g/mol. The number of amides is 1. The lowest BCUT2D eigenvalue weighted by molar-refractivity contribution is -0.383. The summed E-state index contributed by atoms with van der Waals surface area (Å²) in [5, 5.41) is 14.4.